The minimum absolute atomic E-state index is 0.103. The van der Waals surface area contributed by atoms with Crippen LogP contribution in [-0.2, 0) is 4.79 Å². The van der Waals surface area contributed by atoms with Crippen molar-refractivity contribution in [3.63, 3.8) is 0 Å². The summed E-state index contributed by atoms with van der Waals surface area (Å²) < 4.78 is 39.3. The summed E-state index contributed by atoms with van der Waals surface area (Å²) in [6, 6.07) is -3.28. The van der Waals surface area contributed by atoms with Crippen molar-refractivity contribution in [1.82, 2.24) is 10.2 Å². The zero-order chi connectivity index (χ0) is 14.0. The average Bonchev–Trinajstić information content (AvgIpc) is 2.33. The van der Waals surface area contributed by atoms with Crippen molar-refractivity contribution in [2.75, 3.05) is 13.3 Å². The lowest BCUT2D eigenvalue weighted by Gasteiger charge is -2.46. The molecule has 6 atom stereocenters. The highest BCUT2D eigenvalue weighted by atomic mass is 31.0. The summed E-state index contributed by atoms with van der Waals surface area (Å²) >= 11 is 0. The fourth-order valence-electron chi connectivity index (χ4n) is 2.12. The first-order valence-corrected chi connectivity index (χ1v) is 6.14. The molecule has 9 heteroatoms. The number of nitrogens with one attached hydrogen (secondary N) is 1. The number of hydrogen-bond acceptors (Lipinski definition) is 4. The number of carbonyl (C=O) groups excluding carboxylic acids is 1. The number of rotatable bonds is 3. The van der Waals surface area contributed by atoms with Gasteiger partial charge in [0.05, 0.1) is 0 Å². The second kappa shape index (κ2) is 6.14. The van der Waals surface area contributed by atoms with Crippen LogP contribution < -0.4 is 5.32 Å². The maximum Gasteiger partial charge on any atom is 0.256 e. The van der Waals surface area contributed by atoms with Crippen LogP contribution in [0.1, 0.15) is 0 Å². The molecule has 0 spiro atoms. The Hall–Kier alpha value is -0.430. The number of likely N-dealkylation sites (tertiary alicyclic amines) is 1. The molecule has 0 aromatic rings. The number of hydrogen-bond donors (Lipinski definition) is 3. The van der Waals surface area contributed by atoms with Gasteiger partial charge in [-0.2, -0.15) is 0 Å². The van der Waals surface area contributed by atoms with Crippen molar-refractivity contribution in [2.24, 2.45) is 0 Å². The molecule has 18 heavy (non-hydrogen) atoms. The molecule has 5 nitrogen and oxygen atoms in total. The Morgan fingerprint density at radius 1 is 1.44 bits per heavy atom. The third kappa shape index (κ3) is 2.61. The first-order valence-electron chi connectivity index (χ1n) is 5.32. The summed E-state index contributed by atoms with van der Waals surface area (Å²) in [7, 11) is 3.37. The fraction of sp³-hybridized carbons (Fsp3) is 0.889. The van der Waals surface area contributed by atoms with Crippen molar-refractivity contribution >= 4 is 15.1 Å². The molecule has 0 aromatic carbocycles. The lowest BCUT2D eigenvalue weighted by atomic mass is 9.89. The van der Waals surface area contributed by atoms with Crippen LogP contribution in [-0.4, -0.2) is 71.2 Å². The van der Waals surface area contributed by atoms with Gasteiger partial charge in [0.1, 0.15) is 24.3 Å². The van der Waals surface area contributed by atoms with Gasteiger partial charge in [0.25, 0.3) is 6.43 Å². The summed E-state index contributed by atoms with van der Waals surface area (Å²) in [5.41, 5.74) is 0. The average molecular weight is 288 g/mol. The first-order chi connectivity index (χ1) is 8.36. The third-order valence-electron chi connectivity index (χ3n) is 3.05. The molecule has 0 aliphatic carbocycles. The normalized spacial score (nSPS) is 37.9. The SMILES string of the molecule is CNC(=O)[C@@H]1[C@@H](O)[C@@H](F)[C@H](O)[C@@H](C(F)F)N1CP. The Kier molecular flexibility index (Phi) is 5.33. The van der Waals surface area contributed by atoms with Crippen molar-refractivity contribution < 1.29 is 28.2 Å². The molecule has 0 bridgehead atoms. The number of amides is 1. The number of aliphatic hydroxyl groups is 2. The molecule has 1 aliphatic heterocycles. The molecular formula is C9H16F3N2O3P. The maximum absolute atomic E-state index is 13.6. The standard InChI is InChI=1S/C9H16F3N2O3P/c1-13-9(17)5-7(16)3(10)6(15)4(8(11)12)14(5)2-18/h3-8,15-16H,2,18H2,1H3,(H,13,17)/t3-,4-,5-,6-,7-/m0/s1. The highest BCUT2D eigenvalue weighted by Crippen LogP contribution is 2.30. The van der Waals surface area contributed by atoms with Crippen molar-refractivity contribution in [3.05, 3.63) is 0 Å². The monoisotopic (exact) mass is 288 g/mol. The molecular weight excluding hydrogens is 272 g/mol. The van der Waals surface area contributed by atoms with Crippen LogP contribution in [0.3, 0.4) is 0 Å². The first kappa shape index (κ1) is 15.6. The van der Waals surface area contributed by atoms with E-state index in [1.165, 1.54) is 7.05 Å². The van der Waals surface area contributed by atoms with Crippen molar-refractivity contribution in [3.8, 4) is 0 Å². The number of aliphatic hydroxyl groups excluding tert-OH is 2. The quantitative estimate of drug-likeness (QED) is 0.579. The Morgan fingerprint density at radius 2 is 2.00 bits per heavy atom. The Morgan fingerprint density at radius 3 is 2.39 bits per heavy atom. The van der Waals surface area contributed by atoms with E-state index in [2.05, 4.69) is 14.6 Å². The molecule has 1 unspecified atom stereocenters. The molecule has 0 aromatic heterocycles. The summed E-state index contributed by atoms with van der Waals surface area (Å²) in [5.74, 6) is -0.773. The molecule has 1 fully saturated rings. The van der Waals surface area contributed by atoms with E-state index >= 15 is 0 Å². The van der Waals surface area contributed by atoms with E-state index in [0.29, 0.717) is 0 Å². The lowest BCUT2D eigenvalue weighted by Crippen LogP contribution is -2.69. The Balaban J connectivity index is 3.11. The largest absolute Gasteiger partial charge is 0.388 e. The van der Waals surface area contributed by atoms with E-state index in [0.717, 1.165) is 4.90 Å². The molecule has 0 radical (unpaired) electrons. The zero-order valence-corrected chi connectivity index (χ0v) is 10.8. The van der Waals surface area contributed by atoms with Gasteiger partial charge < -0.3 is 15.5 Å². The minimum atomic E-state index is -3.03. The zero-order valence-electron chi connectivity index (χ0n) is 9.63. The second-order valence-corrected chi connectivity index (χ2v) is 4.37. The van der Waals surface area contributed by atoms with E-state index in [1.807, 2.05) is 0 Å². The summed E-state index contributed by atoms with van der Waals surface area (Å²) in [4.78, 5) is 12.4. The Labute approximate surface area is 105 Å². The molecule has 0 saturated carbocycles. The molecule has 1 amide bonds. The number of likely N-dealkylation sites (N-methyl/N-ethyl adjacent to an activating group) is 1. The summed E-state index contributed by atoms with van der Waals surface area (Å²) in [5, 5.41) is 21.3. The van der Waals surface area contributed by atoms with Crippen LogP contribution in [0.4, 0.5) is 13.2 Å². The number of alkyl halides is 3. The topological polar surface area (TPSA) is 72.8 Å². The van der Waals surface area contributed by atoms with Crippen LogP contribution in [0.25, 0.3) is 0 Å². The van der Waals surface area contributed by atoms with E-state index in [-0.39, 0.29) is 6.29 Å². The van der Waals surface area contributed by atoms with Crippen molar-refractivity contribution in [2.45, 2.75) is 36.9 Å². The highest BCUT2D eigenvalue weighted by Gasteiger charge is 2.53. The Bertz CT molecular complexity index is 311. The number of piperidine rings is 1. The summed E-state index contributed by atoms with van der Waals surface area (Å²) in [6.07, 6.45) is -9.32. The van der Waals surface area contributed by atoms with E-state index in [4.69, 9.17) is 0 Å². The van der Waals surface area contributed by atoms with Crippen LogP contribution >= 0.6 is 9.24 Å². The van der Waals surface area contributed by atoms with E-state index in [1.54, 1.807) is 0 Å². The van der Waals surface area contributed by atoms with Crippen LogP contribution in [0, 0.1) is 0 Å². The van der Waals surface area contributed by atoms with Gasteiger partial charge in [0.15, 0.2) is 6.17 Å². The van der Waals surface area contributed by atoms with Crippen LogP contribution in [0.2, 0.25) is 0 Å². The van der Waals surface area contributed by atoms with Gasteiger partial charge in [-0.1, -0.05) is 0 Å². The van der Waals surface area contributed by atoms with Gasteiger partial charge in [0.2, 0.25) is 5.91 Å². The molecule has 1 rings (SSSR count). The van der Waals surface area contributed by atoms with Crippen LogP contribution in [0.5, 0.6) is 0 Å². The molecule has 1 saturated heterocycles. The van der Waals surface area contributed by atoms with Crippen molar-refractivity contribution in [1.29, 1.82) is 0 Å². The predicted molar refractivity (Wildman–Crippen MR) is 61.0 cm³/mol. The maximum atomic E-state index is 13.6. The third-order valence-corrected chi connectivity index (χ3v) is 3.47. The smallest absolute Gasteiger partial charge is 0.256 e. The number of nitrogens with zero attached hydrogens (tertiary/aromatic N) is 1. The summed E-state index contributed by atoms with van der Waals surface area (Å²) in [6.45, 7) is 0. The van der Waals surface area contributed by atoms with Gasteiger partial charge in [0, 0.05) is 13.3 Å². The lowest BCUT2D eigenvalue weighted by molar-refractivity contribution is -0.172. The molecule has 1 heterocycles. The van der Waals surface area contributed by atoms with Gasteiger partial charge >= 0.3 is 0 Å². The minimum Gasteiger partial charge on any atom is -0.388 e. The molecule has 3 N–H and O–H groups in total. The highest BCUT2D eigenvalue weighted by molar-refractivity contribution is 7.16. The molecule has 106 valence electrons. The predicted octanol–water partition coefficient (Wildman–Crippen LogP) is -1.06. The van der Waals surface area contributed by atoms with Crippen LogP contribution in [0.15, 0.2) is 0 Å². The molecule has 1 aliphatic rings. The number of halogens is 3. The van der Waals surface area contributed by atoms with Gasteiger partial charge in [-0.05, 0) is 0 Å². The second-order valence-electron chi connectivity index (χ2n) is 4.01. The van der Waals surface area contributed by atoms with Gasteiger partial charge in [-0.15, -0.1) is 9.24 Å². The van der Waals surface area contributed by atoms with E-state index in [9.17, 15) is 28.2 Å². The van der Waals surface area contributed by atoms with Gasteiger partial charge in [-0.3, -0.25) is 9.69 Å². The van der Waals surface area contributed by atoms with E-state index < -0.39 is 42.8 Å². The van der Waals surface area contributed by atoms with Gasteiger partial charge in [-0.25, -0.2) is 13.2 Å². The fourth-order valence-corrected chi connectivity index (χ4v) is 2.60. The number of carbonyl (C=O) groups is 1.